The van der Waals surface area contributed by atoms with Gasteiger partial charge in [-0.15, -0.1) is 0 Å². The third-order valence-corrected chi connectivity index (χ3v) is 9.14. The molecule has 9 nitrogen and oxygen atoms in total. The van der Waals surface area contributed by atoms with Crippen LogP contribution in [0.4, 0.5) is 4.79 Å². The summed E-state index contributed by atoms with van der Waals surface area (Å²) < 4.78 is 16.0. The quantitative estimate of drug-likeness (QED) is 0.161. The Morgan fingerprint density at radius 2 is 1.53 bits per heavy atom. The lowest BCUT2D eigenvalue weighted by Crippen LogP contribution is -2.54. The van der Waals surface area contributed by atoms with Crippen LogP contribution in [0.3, 0.4) is 0 Å². The average Bonchev–Trinajstić information content (AvgIpc) is 3.49. The zero-order valence-corrected chi connectivity index (χ0v) is 28.8. The lowest BCUT2D eigenvalue weighted by molar-refractivity contribution is -0.143. The summed E-state index contributed by atoms with van der Waals surface area (Å²) in [7, 11) is 1.23. The second kappa shape index (κ2) is 16.8. The molecule has 1 aliphatic heterocycles. The number of benzene rings is 4. The van der Waals surface area contributed by atoms with Gasteiger partial charge in [-0.3, -0.25) is 9.69 Å². The molecule has 260 valence electrons. The number of nitrogens with one attached hydrogen (secondary N) is 2. The molecule has 0 aromatic heterocycles. The fraction of sp³-hybridized carbons (Fsp3) is 0.262. The molecule has 6 rings (SSSR count). The molecule has 1 fully saturated rings. The van der Waals surface area contributed by atoms with E-state index in [-0.39, 0.29) is 12.5 Å². The van der Waals surface area contributed by atoms with Crippen molar-refractivity contribution in [2.75, 3.05) is 40.0 Å². The zero-order chi connectivity index (χ0) is 35.6. The SMILES string of the molecule is COC(=O)[C@@H](NC(=O)c1ccc(/C=C/C#Cc2ccc(CN3CCOCC3)cc2)cc1)[C@@H](C)NC(=O)OCC1c2ccccc2-c2ccccc21. The molecule has 4 aromatic rings. The van der Waals surface area contributed by atoms with Crippen molar-refractivity contribution in [1.82, 2.24) is 15.5 Å². The second-order valence-corrected chi connectivity index (χ2v) is 12.5. The molecule has 2 N–H and O–H groups in total. The summed E-state index contributed by atoms with van der Waals surface area (Å²) in [6.07, 6.45) is 2.92. The molecule has 0 radical (unpaired) electrons. The fourth-order valence-electron chi connectivity index (χ4n) is 6.37. The number of hydrogen-bond acceptors (Lipinski definition) is 7. The summed E-state index contributed by atoms with van der Waals surface area (Å²) in [4.78, 5) is 41.1. The van der Waals surface area contributed by atoms with Crippen molar-refractivity contribution in [2.45, 2.75) is 31.5 Å². The molecule has 4 aromatic carbocycles. The Morgan fingerprint density at radius 1 is 0.882 bits per heavy atom. The van der Waals surface area contributed by atoms with Crippen molar-refractivity contribution in [3.05, 3.63) is 137 Å². The first kappa shape index (κ1) is 35.1. The first-order valence-electron chi connectivity index (χ1n) is 17.1. The van der Waals surface area contributed by atoms with Crippen LogP contribution < -0.4 is 10.6 Å². The van der Waals surface area contributed by atoms with Gasteiger partial charge in [-0.1, -0.05) is 84.6 Å². The Kier molecular flexibility index (Phi) is 11.6. The summed E-state index contributed by atoms with van der Waals surface area (Å²) in [5, 5.41) is 5.38. The number of hydrogen-bond donors (Lipinski definition) is 2. The minimum absolute atomic E-state index is 0.109. The predicted octanol–water partition coefficient (Wildman–Crippen LogP) is 5.78. The Morgan fingerprint density at radius 3 is 2.18 bits per heavy atom. The van der Waals surface area contributed by atoms with Crippen LogP contribution in [-0.4, -0.2) is 75.0 Å². The Labute approximate surface area is 298 Å². The second-order valence-electron chi connectivity index (χ2n) is 12.5. The summed E-state index contributed by atoms with van der Waals surface area (Å²) in [5.41, 5.74) is 7.82. The van der Waals surface area contributed by atoms with Crippen LogP contribution in [0.15, 0.2) is 103 Å². The van der Waals surface area contributed by atoms with Gasteiger partial charge in [0.2, 0.25) is 0 Å². The van der Waals surface area contributed by atoms with E-state index in [2.05, 4.69) is 51.6 Å². The van der Waals surface area contributed by atoms with E-state index in [1.807, 2.05) is 54.6 Å². The van der Waals surface area contributed by atoms with E-state index in [0.717, 1.165) is 66.2 Å². The number of allylic oxidation sites excluding steroid dienone is 1. The van der Waals surface area contributed by atoms with Crippen molar-refractivity contribution in [3.8, 4) is 23.0 Å². The summed E-state index contributed by atoms with van der Waals surface area (Å²) in [5.74, 6) is 4.92. The van der Waals surface area contributed by atoms with E-state index in [1.54, 1.807) is 37.3 Å². The minimum Gasteiger partial charge on any atom is -0.467 e. The molecule has 0 saturated carbocycles. The third kappa shape index (κ3) is 8.92. The van der Waals surface area contributed by atoms with E-state index in [9.17, 15) is 14.4 Å². The van der Waals surface area contributed by atoms with Crippen molar-refractivity contribution < 1.29 is 28.6 Å². The fourth-order valence-corrected chi connectivity index (χ4v) is 6.37. The molecule has 9 heteroatoms. The third-order valence-electron chi connectivity index (χ3n) is 9.14. The van der Waals surface area contributed by atoms with Crippen LogP contribution >= 0.6 is 0 Å². The van der Waals surface area contributed by atoms with Gasteiger partial charge in [0.25, 0.3) is 5.91 Å². The number of methoxy groups -OCH3 is 1. The van der Waals surface area contributed by atoms with Crippen LogP contribution in [-0.2, 0) is 25.5 Å². The van der Waals surface area contributed by atoms with E-state index in [0.29, 0.717) is 5.56 Å². The molecule has 1 saturated heterocycles. The number of carbonyl (C=O) groups is 3. The highest BCUT2D eigenvalue weighted by molar-refractivity contribution is 5.97. The van der Waals surface area contributed by atoms with Gasteiger partial charge in [-0.05, 0) is 76.7 Å². The van der Waals surface area contributed by atoms with Crippen molar-refractivity contribution in [1.29, 1.82) is 0 Å². The van der Waals surface area contributed by atoms with Gasteiger partial charge in [0.15, 0.2) is 0 Å². The van der Waals surface area contributed by atoms with Crippen LogP contribution in [0.1, 0.15) is 51.0 Å². The number of rotatable bonds is 10. The van der Waals surface area contributed by atoms with Gasteiger partial charge in [-0.25, -0.2) is 9.59 Å². The van der Waals surface area contributed by atoms with Crippen LogP contribution in [0, 0.1) is 11.8 Å². The summed E-state index contributed by atoms with van der Waals surface area (Å²) >= 11 is 0. The molecule has 0 bridgehead atoms. The zero-order valence-electron chi connectivity index (χ0n) is 28.8. The topological polar surface area (TPSA) is 106 Å². The summed E-state index contributed by atoms with van der Waals surface area (Å²) in [6.45, 7) is 6.11. The van der Waals surface area contributed by atoms with Crippen molar-refractivity contribution >= 4 is 24.0 Å². The summed E-state index contributed by atoms with van der Waals surface area (Å²) in [6, 6.07) is 29.3. The van der Waals surface area contributed by atoms with E-state index < -0.39 is 30.1 Å². The maximum Gasteiger partial charge on any atom is 0.407 e. The lowest BCUT2D eigenvalue weighted by Gasteiger charge is -2.26. The highest BCUT2D eigenvalue weighted by Crippen LogP contribution is 2.44. The first-order chi connectivity index (χ1) is 24.9. The molecule has 0 unspecified atom stereocenters. The highest BCUT2D eigenvalue weighted by atomic mass is 16.5. The Balaban J connectivity index is 0.999. The van der Waals surface area contributed by atoms with Gasteiger partial charge in [0, 0.05) is 36.7 Å². The predicted molar refractivity (Wildman–Crippen MR) is 196 cm³/mol. The molecule has 2 amide bonds. The van der Waals surface area contributed by atoms with Gasteiger partial charge in [-0.2, -0.15) is 0 Å². The molecule has 51 heavy (non-hydrogen) atoms. The van der Waals surface area contributed by atoms with E-state index in [4.69, 9.17) is 14.2 Å². The molecule has 0 spiro atoms. The number of morpholine rings is 1. The van der Waals surface area contributed by atoms with Crippen LogP contribution in [0.25, 0.3) is 17.2 Å². The van der Waals surface area contributed by atoms with Gasteiger partial charge in [0.05, 0.1) is 26.4 Å². The number of esters is 1. The number of amides is 2. The maximum absolute atomic E-state index is 13.2. The van der Waals surface area contributed by atoms with Crippen molar-refractivity contribution in [3.63, 3.8) is 0 Å². The monoisotopic (exact) mass is 683 g/mol. The molecule has 1 heterocycles. The van der Waals surface area contributed by atoms with Gasteiger partial charge in [0.1, 0.15) is 12.6 Å². The number of nitrogens with zero attached hydrogens (tertiary/aromatic N) is 1. The van der Waals surface area contributed by atoms with Crippen LogP contribution in [0.5, 0.6) is 0 Å². The largest absolute Gasteiger partial charge is 0.467 e. The molecule has 2 atom stereocenters. The number of alkyl carbamates (subject to hydrolysis) is 1. The first-order valence-corrected chi connectivity index (χ1v) is 17.1. The smallest absolute Gasteiger partial charge is 0.407 e. The highest BCUT2D eigenvalue weighted by Gasteiger charge is 2.32. The number of fused-ring (bicyclic) bond motifs is 3. The molecule has 1 aliphatic carbocycles. The number of carbonyl (C=O) groups excluding carboxylic acids is 3. The lowest BCUT2D eigenvalue weighted by atomic mass is 9.98. The maximum atomic E-state index is 13.2. The van der Waals surface area contributed by atoms with E-state index >= 15 is 0 Å². The van der Waals surface area contributed by atoms with Gasteiger partial charge < -0.3 is 24.8 Å². The normalized spacial score (nSPS) is 15.1. The molecule has 2 aliphatic rings. The van der Waals surface area contributed by atoms with Crippen LogP contribution in [0.2, 0.25) is 0 Å². The number of ether oxygens (including phenoxy) is 3. The Hall–Kier alpha value is -5.69. The standard InChI is InChI=1S/C42H41N3O6/c1-29(43-42(48)51-28-38-36-13-7-5-11-34(36)35-12-6-8-14-37(35)38)39(41(47)49-2)44-40(46)33-21-19-31(20-22-33)10-4-3-9-30-15-17-32(18-16-30)27-45-23-25-50-26-24-45/h4-8,10-22,29,38-39H,23-28H2,1-2H3,(H,43,48)(H,44,46)/b10-4+/t29-,39+/m1/s1. The molecular formula is C42H41N3O6. The van der Waals surface area contributed by atoms with Crippen molar-refractivity contribution in [2.24, 2.45) is 0 Å². The minimum atomic E-state index is -1.15. The average molecular weight is 684 g/mol. The van der Waals surface area contributed by atoms with E-state index in [1.165, 1.54) is 12.7 Å². The molecular weight excluding hydrogens is 642 g/mol. The Bertz CT molecular complexity index is 1890. The van der Waals surface area contributed by atoms with Gasteiger partial charge >= 0.3 is 12.1 Å².